The summed E-state index contributed by atoms with van der Waals surface area (Å²) in [6, 6.07) is 0.669. The van der Waals surface area contributed by atoms with Crippen LogP contribution in [0.15, 0.2) is 0 Å². The van der Waals surface area contributed by atoms with Crippen molar-refractivity contribution in [1.82, 2.24) is 4.90 Å². The second-order valence-corrected chi connectivity index (χ2v) is 3.51. The summed E-state index contributed by atoms with van der Waals surface area (Å²) in [6.45, 7) is 4.15. The highest BCUT2D eigenvalue weighted by molar-refractivity contribution is 5.68. The van der Waals surface area contributed by atoms with Gasteiger partial charge in [-0.15, -0.1) is 0 Å². The topological polar surface area (TPSA) is 29.5 Å². The van der Waals surface area contributed by atoms with Gasteiger partial charge in [0, 0.05) is 12.1 Å². The molecule has 2 atom stereocenters. The van der Waals surface area contributed by atoms with Gasteiger partial charge in [0.05, 0.1) is 7.11 Å². The summed E-state index contributed by atoms with van der Waals surface area (Å²) in [5.41, 5.74) is 0. The Bertz CT molecular complexity index is 160. The fourth-order valence-electron chi connectivity index (χ4n) is 1.89. The van der Waals surface area contributed by atoms with Crippen LogP contribution in [0.5, 0.6) is 0 Å². The standard InChI is InChI=1S/C9H17NO2/c1-7-5-4-6-8(2)10(7)9(11)12-3/h7-8H,4-6H2,1-3H3/t7-,8+. The van der Waals surface area contributed by atoms with Gasteiger partial charge in [-0.2, -0.15) is 0 Å². The third-order valence-corrected chi connectivity index (χ3v) is 2.58. The minimum absolute atomic E-state index is 0.185. The predicted molar refractivity (Wildman–Crippen MR) is 47.0 cm³/mol. The highest BCUT2D eigenvalue weighted by Gasteiger charge is 2.29. The van der Waals surface area contributed by atoms with Crippen LogP contribution >= 0.6 is 0 Å². The Kier molecular flexibility index (Phi) is 2.95. The van der Waals surface area contributed by atoms with Gasteiger partial charge in [0.1, 0.15) is 0 Å². The molecule has 12 heavy (non-hydrogen) atoms. The zero-order chi connectivity index (χ0) is 9.14. The largest absolute Gasteiger partial charge is 0.453 e. The number of carbonyl (C=O) groups excluding carboxylic acids is 1. The highest BCUT2D eigenvalue weighted by Crippen LogP contribution is 2.22. The number of rotatable bonds is 0. The number of carbonyl (C=O) groups is 1. The fourth-order valence-corrected chi connectivity index (χ4v) is 1.89. The van der Waals surface area contributed by atoms with Gasteiger partial charge in [-0.1, -0.05) is 0 Å². The normalized spacial score (nSPS) is 30.1. The molecule has 70 valence electrons. The van der Waals surface area contributed by atoms with Gasteiger partial charge in [0.2, 0.25) is 0 Å². The summed E-state index contributed by atoms with van der Waals surface area (Å²) in [6.07, 6.45) is 3.23. The van der Waals surface area contributed by atoms with Crippen LogP contribution in [0.2, 0.25) is 0 Å². The predicted octanol–water partition coefficient (Wildman–Crippen LogP) is 2.02. The lowest BCUT2D eigenvalue weighted by atomic mass is 9.98. The Morgan fingerprint density at radius 1 is 1.33 bits per heavy atom. The molecule has 1 rings (SSSR count). The van der Waals surface area contributed by atoms with Crippen LogP contribution in [0.4, 0.5) is 4.79 Å². The maximum absolute atomic E-state index is 11.3. The molecule has 1 heterocycles. The van der Waals surface area contributed by atoms with E-state index >= 15 is 0 Å². The maximum Gasteiger partial charge on any atom is 0.409 e. The summed E-state index contributed by atoms with van der Waals surface area (Å²) in [4.78, 5) is 13.1. The molecule has 0 saturated carbocycles. The van der Waals surface area contributed by atoms with Crippen molar-refractivity contribution in [2.24, 2.45) is 0 Å². The number of methoxy groups -OCH3 is 1. The lowest BCUT2D eigenvalue weighted by Crippen LogP contribution is -2.47. The molecule has 0 unspecified atom stereocenters. The van der Waals surface area contributed by atoms with Crippen molar-refractivity contribution in [2.75, 3.05) is 7.11 Å². The van der Waals surface area contributed by atoms with Crippen molar-refractivity contribution in [3.63, 3.8) is 0 Å². The molecule has 1 saturated heterocycles. The first-order valence-corrected chi connectivity index (χ1v) is 4.53. The average molecular weight is 171 g/mol. The van der Waals surface area contributed by atoms with Crippen molar-refractivity contribution in [2.45, 2.75) is 45.2 Å². The first-order valence-electron chi connectivity index (χ1n) is 4.53. The molecular formula is C9H17NO2. The third-order valence-electron chi connectivity index (χ3n) is 2.58. The van der Waals surface area contributed by atoms with Gasteiger partial charge in [-0.05, 0) is 33.1 Å². The third kappa shape index (κ3) is 1.71. The number of nitrogens with zero attached hydrogens (tertiary/aromatic N) is 1. The number of ether oxygens (including phenoxy) is 1. The SMILES string of the molecule is COC(=O)N1[C@H](C)CCC[C@@H]1C. The molecule has 0 aromatic carbocycles. The van der Waals surface area contributed by atoms with Crippen LogP contribution in [0.25, 0.3) is 0 Å². The van der Waals surface area contributed by atoms with Crippen molar-refractivity contribution in [3.05, 3.63) is 0 Å². The Balaban J connectivity index is 2.62. The van der Waals surface area contributed by atoms with Crippen LogP contribution in [0.3, 0.4) is 0 Å². The second-order valence-electron chi connectivity index (χ2n) is 3.51. The number of amides is 1. The van der Waals surface area contributed by atoms with E-state index in [1.165, 1.54) is 13.5 Å². The molecular weight excluding hydrogens is 154 g/mol. The molecule has 0 aliphatic carbocycles. The highest BCUT2D eigenvalue weighted by atomic mass is 16.5. The lowest BCUT2D eigenvalue weighted by Gasteiger charge is -2.37. The molecule has 0 spiro atoms. The summed E-state index contributed by atoms with van der Waals surface area (Å²) < 4.78 is 4.72. The molecule has 3 nitrogen and oxygen atoms in total. The maximum atomic E-state index is 11.3. The van der Waals surface area contributed by atoms with Crippen molar-refractivity contribution in [3.8, 4) is 0 Å². The summed E-state index contributed by atoms with van der Waals surface area (Å²) in [5.74, 6) is 0. The van der Waals surface area contributed by atoms with E-state index in [1.807, 2.05) is 4.90 Å². The molecule has 1 aliphatic heterocycles. The molecule has 0 radical (unpaired) electrons. The van der Waals surface area contributed by atoms with Crippen LogP contribution in [-0.4, -0.2) is 30.2 Å². The van der Waals surface area contributed by atoms with E-state index in [4.69, 9.17) is 4.74 Å². The average Bonchev–Trinajstić information content (AvgIpc) is 2.03. The van der Waals surface area contributed by atoms with E-state index in [2.05, 4.69) is 13.8 Å². The minimum Gasteiger partial charge on any atom is -0.453 e. The van der Waals surface area contributed by atoms with Gasteiger partial charge < -0.3 is 9.64 Å². The van der Waals surface area contributed by atoms with Crippen molar-refractivity contribution in [1.29, 1.82) is 0 Å². The van der Waals surface area contributed by atoms with Gasteiger partial charge in [0.25, 0.3) is 0 Å². The zero-order valence-electron chi connectivity index (χ0n) is 8.04. The number of piperidine rings is 1. The van der Waals surface area contributed by atoms with Crippen LogP contribution in [-0.2, 0) is 4.74 Å². The van der Waals surface area contributed by atoms with E-state index in [0.29, 0.717) is 12.1 Å². The monoisotopic (exact) mass is 171 g/mol. The fraction of sp³-hybridized carbons (Fsp3) is 0.889. The second kappa shape index (κ2) is 3.78. The Morgan fingerprint density at radius 2 is 1.83 bits per heavy atom. The lowest BCUT2D eigenvalue weighted by molar-refractivity contribution is 0.0694. The van der Waals surface area contributed by atoms with Crippen LogP contribution in [0.1, 0.15) is 33.1 Å². The quantitative estimate of drug-likeness (QED) is 0.558. The van der Waals surface area contributed by atoms with E-state index in [-0.39, 0.29) is 6.09 Å². The molecule has 0 aromatic heterocycles. The van der Waals surface area contributed by atoms with E-state index in [0.717, 1.165) is 12.8 Å². The van der Waals surface area contributed by atoms with Gasteiger partial charge in [-0.25, -0.2) is 4.79 Å². The zero-order valence-corrected chi connectivity index (χ0v) is 8.04. The van der Waals surface area contributed by atoms with E-state index in [9.17, 15) is 4.79 Å². The van der Waals surface area contributed by atoms with E-state index < -0.39 is 0 Å². The van der Waals surface area contributed by atoms with Gasteiger partial charge in [-0.3, -0.25) is 0 Å². The van der Waals surface area contributed by atoms with Crippen molar-refractivity contribution < 1.29 is 9.53 Å². The number of likely N-dealkylation sites (tertiary alicyclic amines) is 1. The van der Waals surface area contributed by atoms with Gasteiger partial charge in [0.15, 0.2) is 0 Å². The first kappa shape index (κ1) is 9.36. The molecule has 0 aromatic rings. The summed E-state index contributed by atoms with van der Waals surface area (Å²) in [7, 11) is 1.44. The number of hydrogen-bond acceptors (Lipinski definition) is 2. The Hall–Kier alpha value is -0.730. The summed E-state index contributed by atoms with van der Waals surface area (Å²) in [5, 5.41) is 0. The Labute approximate surface area is 73.7 Å². The molecule has 1 amide bonds. The molecule has 1 fully saturated rings. The Morgan fingerprint density at radius 3 is 2.25 bits per heavy atom. The van der Waals surface area contributed by atoms with Crippen LogP contribution < -0.4 is 0 Å². The smallest absolute Gasteiger partial charge is 0.409 e. The summed E-state index contributed by atoms with van der Waals surface area (Å²) >= 11 is 0. The molecule has 3 heteroatoms. The number of hydrogen-bond donors (Lipinski definition) is 0. The molecule has 0 N–H and O–H groups in total. The van der Waals surface area contributed by atoms with E-state index in [1.54, 1.807) is 0 Å². The van der Waals surface area contributed by atoms with Crippen LogP contribution in [0, 0.1) is 0 Å². The van der Waals surface area contributed by atoms with Crippen molar-refractivity contribution >= 4 is 6.09 Å². The molecule has 1 aliphatic rings. The van der Waals surface area contributed by atoms with Gasteiger partial charge >= 0.3 is 6.09 Å². The first-order chi connectivity index (χ1) is 5.66. The minimum atomic E-state index is -0.185. The molecule has 0 bridgehead atoms.